The number of carbonyl (C=O) groups is 1. The van der Waals surface area contributed by atoms with Crippen LogP contribution >= 0.6 is 0 Å². The third-order valence-corrected chi connectivity index (χ3v) is 5.83. The molecule has 0 spiro atoms. The molecule has 1 aliphatic rings. The van der Waals surface area contributed by atoms with Crippen LogP contribution < -0.4 is 25.0 Å². The third kappa shape index (κ3) is 7.73. The van der Waals surface area contributed by atoms with E-state index >= 15 is 0 Å². The van der Waals surface area contributed by atoms with Gasteiger partial charge >= 0.3 is 6.18 Å². The van der Waals surface area contributed by atoms with E-state index in [1.807, 2.05) is 13.8 Å². The Labute approximate surface area is 215 Å². The lowest BCUT2D eigenvalue weighted by atomic mass is 10.1. The Morgan fingerprint density at radius 1 is 1.08 bits per heavy atom. The van der Waals surface area contributed by atoms with Crippen LogP contribution in [0.2, 0.25) is 0 Å². The van der Waals surface area contributed by atoms with E-state index in [-0.39, 0.29) is 18.0 Å². The highest BCUT2D eigenvalue weighted by Gasteiger charge is 2.34. The molecular formula is C26H34F3N3O5. The Morgan fingerprint density at radius 2 is 1.81 bits per heavy atom. The quantitative estimate of drug-likeness (QED) is 0.321. The fourth-order valence-corrected chi connectivity index (χ4v) is 3.87. The van der Waals surface area contributed by atoms with Gasteiger partial charge in [0.1, 0.15) is 11.9 Å². The first-order chi connectivity index (χ1) is 17.6. The van der Waals surface area contributed by atoms with Crippen LogP contribution in [0.4, 0.5) is 13.2 Å². The van der Waals surface area contributed by atoms with Crippen LogP contribution in [0.1, 0.15) is 36.2 Å². The second kappa shape index (κ2) is 13.0. The minimum atomic E-state index is -4.41. The van der Waals surface area contributed by atoms with Gasteiger partial charge in [-0.25, -0.2) is 5.43 Å². The molecular weight excluding hydrogens is 491 g/mol. The minimum absolute atomic E-state index is 0.201. The van der Waals surface area contributed by atoms with Crippen molar-refractivity contribution < 1.29 is 36.9 Å². The Kier molecular flexibility index (Phi) is 10.0. The predicted octanol–water partition coefficient (Wildman–Crippen LogP) is 3.90. The average molecular weight is 526 g/mol. The molecule has 0 aliphatic carbocycles. The first-order valence-corrected chi connectivity index (χ1v) is 12.1. The summed E-state index contributed by atoms with van der Waals surface area (Å²) < 4.78 is 60.8. The molecule has 2 atom stereocenters. The number of nitrogens with zero attached hydrogens (tertiary/aromatic N) is 1. The summed E-state index contributed by atoms with van der Waals surface area (Å²) in [5.41, 5.74) is 2.93. The van der Waals surface area contributed by atoms with Crippen LogP contribution in [0.3, 0.4) is 0 Å². The highest BCUT2D eigenvalue weighted by Crippen LogP contribution is 2.31. The molecule has 1 fully saturated rings. The molecule has 1 heterocycles. The summed E-state index contributed by atoms with van der Waals surface area (Å²) in [5.74, 6) is 1.03. The van der Waals surface area contributed by atoms with Crippen LogP contribution in [0, 0.1) is 0 Å². The van der Waals surface area contributed by atoms with Gasteiger partial charge in [0.2, 0.25) is 0 Å². The fraction of sp³-hybridized carbons (Fsp3) is 0.500. The van der Waals surface area contributed by atoms with E-state index in [1.165, 1.54) is 24.3 Å². The van der Waals surface area contributed by atoms with E-state index < -0.39 is 17.8 Å². The smallest absolute Gasteiger partial charge is 0.416 e. The average Bonchev–Trinajstić information content (AvgIpc) is 3.30. The maximum Gasteiger partial charge on any atom is 0.416 e. The number of halogens is 3. The second-order valence-electron chi connectivity index (χ2n) is 8.90. The molecule has 0 aromatic heterocycles. The molecule has 37 heavy (non-hydrogen) atoms. The molecule has 3 rings (SSSR count). The summed E-state index contributed by atoms with van der Waals surface area (Å²) >= 11 is 0. The number of hydrogen-bond donors (Lipinski definition) is 2. The number of nitrogens with one attached hydrogen (secondary N) is 2. The number of hydrogen-bond acceptors (Lipinski definition) is 7. The zero-order valence-corrected chi connectivity index (χ0v) is 21.4. The summed E-state index contributed by atoms with van der Waals surface area (Å²) in [6.07, 6.45) is -4.13. The zero-order chi connectivity index (χ0) is 27.0. The molecule has 204 valence electrons. The maximum atomic E-state index is 13.5. The summed E-state index contributed by atoms with van der Waals surface area (Å²) in [5, 5.41) is 4.73. The second-order valence-corrected chi connectivity index (χ2v) is 8.90. The van der Waals surface area contributed by atoms with Crippen molar-refractivity contribution in [3.63, 3.8) is 0 Å². The molecule has 8 nitrogen and oxygen atoms in total. The van der Waals surface area contributed by atoms with Gasteiger partial charge in [0, 0.05) is 44.8 Å². The molecule has 2 N–H and O–H groups in total. The van der Waals surface area contributed by atoms with Gasteiger partial charge in [-0.3, -0.25) is 9.80 Å². The van der Waals surface area contributed by atoms with E-state index in [2.05, 4.69) is 10.7 Å². The van der Waals surface area contributed by atoms with Crippen LogP contribution in [0.5, 0.6) is 17.2 Å². The van der Waals surface area contributed by atoms with Crippen LogP contribution in [-0.4, -0.2) is 69.6 Å². The van der Waals surface area contributed by atoms with Gasteiger partial charge in [-0.1, -0.05) is 0 Å². The Morgan fingerprint density at radius 3 is 2.43 bits per heavy atom. The molecule has 1 saturated heterocycles. The van der Waals surface area contributed by atoms with Crippen molar-refractivity contribution in [2.75, 3.05) is 40.5 Å². The maximum absolute atomic E-state index is 13.5. The van der Waals surface area contributed by atoms with Gasteiger partial charge in [0.25, 0.3) is 5.91 Å². The Balaban J connectivity index is 1.70. The van der Waals surface area contributed by atoms with Crippen LogP contribution in [-0.2, 0) is 10.9 Å². The molecule has 1 amide bonds. The molecule has 2 aromatic rings. The van der Waals surface area contributed by atoms with E-state index in [0.29, 0.717) is 55.5 Å². The van der Waals surface area contributed by atoms with Crippen molar-refractivity contribution in [2.24, 2.45) is 0 Å². The van der Waals surface area contributed by atoms with Gasteiger partial charge in [0.05, 0.1) is 25.3 Å². The zero-order valence-electron chi connectivity index (χ0n) is 21.4. The highest BCUT2D eigenvalue weighted by molar-refractivity contribution is 5.94. The standard InChI is InChI=1S/C26H34F3N3O5/c1-17(2)32(25(33)18-6-11-22(35-4)23(14-18)36-13-5-12-34-3)31-21-15-30-16-24(21)37-20-9-7-19(8-10-20)26(27,28)29/h6-11,14,17,21,24,30-31H,5,12-13,15-16H2,1-4H3/t21-,24+/m1/s1. The first kappa shape index (κ1) is 28.5. The molecule has 0 unspecified atom stereocenters. The van der Waals surface area contributed by atoms with E-state index in [9.17, 15) is 18.0 Å². The summed E-state index contributed by atoms with van der Waals surface area (Å²) in [6, 6.07) is 9.09. The first-order valence-electron chi connectivity index (χ1n) is 12.1. The number of hydrazine groups is 1. The number of ether oxygens (including phenoxy) is 4. The number of benzene rings is 2. The topological polar surface area (TPSA) is 81.3 Å². The van der Waals surface area contributed by atoms with E-state index in [1.54, 1.807) is 25.3 Å². The lowest BCUT2D eigenvalue weighted by Crippen LogP contribution is -2.56. The van der Waals surface area contributed by atoms with E-state index in [4.69, 9.17) is 18.9 Å². The molecule has 1 aliphatic heterocycles. The van der Waals surface area contributed by atoms with Crippen molar-refractivity contribution >= 4 is 5.91 Å². The number of rotatable bonds is 12. The number of alkyl halides is 3. The number of amides is 1. The SMILES string of the molecule is COCCCOc1cc(C(=O)N(N[C@@H]2CNC[C@@H]2Oc2ccc(C(F)(F)F)cc2)C(C)C)ccc1OC. The molecule has 11 heteroatoms. The lowest BCUT2D eigenvalue weighted by molar-refractivity contribution is -0.137. The summed E-state index contributed by atoms with van der Waals surface area (Å²) in [7, 11) is 3.15. The van der Waals surface area contributed by atoms with Crippen LogP contribution in [0.15, 0.2) is 42.5 Å². The molecule has 2 aromatic carbocycles. The van der Waals surface area contributed by atoms with Crippen LogP contribution in [0.25, 0.3) is 0 Å². The van der Waals surface area contributed by atoms with Crippen molar-refractivity contribution in [3.05, 3.63) is 53.6 Å². The van der Waals surface area contributed by atoms with Crippen molar-refractivity contribution in [3.8, 4) is 17.2 Å². The molecule has 0 bridgehead atoms. The van der Waals surface area contributed by atoms with Gasteiger partial charge < -0.3 is 24.3 Å². The highest BCUT2D eigenvalue weighted by atomic mass is 19.4. The van der Waals surface area contributed by atoms with Gasteiger partial charge in [-0.05, 0) is 56.3 Å². The van der Waals surface area contributed by atoms with Gasteiger partial charge in [-0.2, -0.15) is 13.2 Å². The minimum Gasteiger partial charge on any atom is -0.493 e. The summed E-state index contributed by atoms with van der Waals surface area (Å²) in [4.78, 5) is 13.5. The number of carbonyl (C=O) groups excluding carboxylic acids is 1. The van der Waals surface area contributed by atoms with Crippen molar-refractivity contribution in [1.29, 1.82) is 0 Å². The predicted molar refractivity (Wildman–Crippen MR) is 132 cm³/mol. The molecule has 0 radical (unpaired) electrons. The molecule has 0 saturated carbocycles. The van der Waals surface area contributed by atoms with Gasteiger partial charge in [-0.15, -0.1) is 0 Å². The van der Waals surface area contributed by atoms with E-state index in [0.717, 1.165) is 12.1 Å². The fourth-order valence-electron chi connectivity index (χ4n) is 3.87. The summed E-state index contributed by atoms with van der Waals surface area (Å²) in [6.45, 7) is 5.70. The Bertz CT molecular complexity index is 1020. The largest absolute Gasteiger partial charge is 0.493 e. The van der Waals surface area contributed by atoms with Gasteiger partial charge in [0.15, 0.2) is 11.5 Å². The normalized spacial score (nSPS) is 17.6. The van der Waals surface area contributed by atoms with Crippen molar-refractivity contribution in [1.82, 2.24) is 15.8 Å². The number of methoxy groups -OCH3 is 2. The third-order valence-electron chi connectivity index (χ3n) is 5.83. The lowest BCUT2D eigenvalue weighted by Gasteiger charge is -2.32. The monoisotopic (exact) mass is 525 g/mol. The Hall–Kier alpha value is -3.02. The van der Waals surface area contributed by atoms with Crippen molar-refractivity contribution in [2.45, 2.75) is 44.6 Å².